The first-order chi connectivity index (χ1) is 34.2. The fourth-order valence-electron chi connectivity index (χ4n) is 4.57. The fraction of sp³-hybridized carbons (Fsp3) is 0.320. The van der Waals surface area contributed by atoms with Crippen LogP contribution in [-0.2, 0) is 96.0 Å². The lowest BCUT2D eigenvalue weighted by atomic mass is 10.2. The molecule has 20 nitrogen and oxygen atoms in total. The van der Waals surface area contributed by atoms with Crippen LogP contribution in [0.25, 0.3) is 0 Å². The van der Waals surface area contributed by atoms with Crippen molar-refractivity contribution in [3.63, 3.8) is 0 Å². The molecule has 0 aromatic heterocycles. The van der Waals surface area contributed by atoms with Gasteiger partial charge in [-0.2, -0.15) is 0 Å². The molecule has 3 aromatic carbocycles. The van der Waals surface area contributed by atoms with Crippen molar-refractivity contribution in [1.82, 2.24) is 0 Å². The van der Waals surface area contributed by atoms with Gasteiger partial charge in [-0.05, 0) is 17.2 Å². The van der Waals surface area contributed by atoms with E-state index in [1.165, 1.54) is 32.4 Å². The van der Waals surface area contributed by atoms with Crippen LogP contribution in [0.5, 0.6) is 0 Å². The monoisotopic (exact) mass is 1010 g/mol. The third-order valence-corrected chi connectivity index (χ3v) is 8.48. The number of rotatable bonds is 28. The van der Waals surface area contributed by atoms with Crippen LogP contribution in [0, 0.1) is 34.8 Å². The van der Waals surface area contributed by atoms with Crippen molar-refractivity contribution in [3.8, 4) is 24.7 Å². The number of carbonyl (C=O) groups is 6. The smallest absolute Gasteiger partial charge is 0.331 e. The molecule has 0 saturated carbocycles. The van der Waals surface area contributed by atoms with Gasteiger partial charge in [-0.25, -0.2) is 28.8 Å². The Labute approximate surface area is 415 Å². The summed E-state index contributed by atoms with van der Waals surface area (Å²) in [4.78, 5) is 78.5. The molecule has 0 aliphatic heterocycles. The summed E-state index contributed by atoms with van der Waals surface area (Å²) >= 11 is 5.57. The number of esters is 6. The van der Waals surface area contributed by atoms with Crippen molar-refractivity contribution in [2.24, 2.45) is 0 Å². The number of hydrogen-bond donors (Lipinski definition) is 1. The Hall–Kier alpha value is -7.69. The average molecular weight is 1010 g/mol. The number of methoxy groups -OCH3 is 2. The Morgan fingerprint density at radius 1 is 0.563 bits per heavy atom. The predicted octanol–water partition coefficient (Wildman–Crippen LogP) is 4.33. The topological polar surface area (TPSA) is 258 Å². The summed E-state index contributed by atoms with van der Waals surface area (Å²) in [7, 11) is 2.94. The molecular weight excluding hydrogens is 954 g/mol. The maximum absolute atomic E-state index is 11.5. The standard InChI is InChI=1S/C18H20O6.C17H17NO8.C15H17ClO5/c1-3-11-22-13-16(21-2)14-24-18(20)10-9-17(19)23-12-15-7-5-4-6-8-15;1-2-9-25-16(20)7-8-17(21)26-12-14(19)11-24-10-13-5-3-4-6-15(13)18(22)23;1-19-13(9-16)11-21-15(18)8-7-14(17)20-10-12-5-3-2-4-6-12/h1,4-10,16H,11-14H2,2H3;1,3-8,14,19H,9-12H2;2-8,13H,9-11H2,1H3/b10-9+;2*8-7+. The van der Waals surface area contributed by atoms with Gasteiger partial charge < -0.3 is 52.5 Å². The van der Waals surface area contributed by atoms with E-state index in [-0.39, 0.29) is 83.7 Å². The molecule has 71 heavy (non-hydrogen) atoms. The lowest BCUT2D eigenvalue weighted by Crippen LogP contribution is -2.25. The summed E-state index contributed by atoms with van der Waals surface area (Å²) in [5.41, 5.74) is 1.99. The van der Waals surface area contributed by atoms with Crippen LogP contribution < -0.4 is 0 Å². The second-order valence-corrected chi connectivity index (χ2v) is 13.8. The summed E-state index contributed by atoms with van der Waals surface area (Å²) in [5.74, 6) is 0.395. The first-order valence-electron chi connectivity index (χ1n) is 20.9. The van der Waals surface area contributed by atoms with Crippen LogP contribution in [0.2, 0.25) is 0 Å². The van der Waals surface area contributed by atoms with Gasteiger partial charge in [-0.15, -0.1) is 24.4 Å². The van der Waals surface area contributed by atoms with Crippen LogP contribution in [0.15, 0.2) is 121 Å². The van der Waals surface area contributed by atoms with Crippen molar-refractivity contribution >= 4 is 53.1 Å². The van der Waals surface area contributed by atoms with E-state index >= 15 is 0 Å². The zero-order valence-corrected chi connectivity index (χ0v) is 39.6. The molecule has 0 radical (unpaired) electrons. The number of nitro benzene ring substituents is 1. The molecule has 3 atom stereocenters. The molecule has 0 amide bonds. The molecule has 3 rings (SSSR count). The van der Waals surface area contributed by atoms with Gasteiger partial charge in [0.2, 0.25) is 0 Å². The Balaban J connectivity index is 0.000000535. The summed E-state index contributed by atoms with van der Waals surface area (Å²) in [6.45, 7) is -0.207. The van der Waals surface area contributed by atoms with Crippen LogP contribution in [0.4, 0.5) is 5.69 Å². The highest BCUT2D eigenvalue weighted by atomic mass is 35.5. The van der Waals surface area contributed by atoms with Gasteiger partial charge in [0.25, 0.3) is 5.69 Å². The summed E-state index contributed by atoms with van der Waals surface area (Å²) in [6.07, 6.45) is 13.7. The Morgan fingerprint density at radius 2 is 0.986 bits per heavy atom. The first-order valence-corrected chi connectivity index (χ1v) is 21.4. The maximum atomic E-state index is 11.5. The minimum Gasteiger partial charge on any atom is -0.460 e. The van der Waals surface area contributed by atoms with E-state index in [4.69, 9.17) is 67.1 Å². The highest BCUT2D eigenvalue weighted by Crippen LogP contribution is 2.18. The van der Waals surface area contributed by atoms with Gasteiger partial charge in [0.1, 0.15) is 58.0 Å². The number of halogens is 1. The molecule has 0 aliphatic rings. The third-order valence-electron chi connectivity index (χ3n) is 8.14. The SMILES string of the molecule is C#CCOC(=O)/C=C/C(=O)OCC(O)COCc1ccccc1[N+](=O)[O-].C#CCOCC(COC(=O)/C=C/C(=O)OCc1ccccc1)OC.COC(CCl)COC(=O)/C=C/C(=O)OCc1ccccc1. The van der Waals surface area contributed by atoms with Gasteiger partial charge in [-0.1, -0.05) is 84.6 Å². The quantitative estimate of drug-likeness (QED) is 0.0155. The van der Waals surface area contributed by atoms with Gasteiger partial charge >= 0.3 is 35.8 Å². The van der Waals surface area contributed by atoms with E-state index < -0.39 is 52.9 Å². The van der Waals surface area contributed by atoms with Crippen molar-refractivity contribution < 1.29 is 86.2 Å². The molecule has 3 aromatic rings. The van der Waals surface area contributed by atoms with E-state index in [1.54, 1.807) is 6.07 Å². The van der Waals surface area contributed by atoms with Gasteiger partial charge in [-0.3, -0.25) is 10.1 Å². The maximum Gasteiger partial charge on any atom is 0.331 e. The van der Waals surface area contributed by atoms with Crippen molar-refractivity contribution in [2.45, 2.75) is 38.1 Å². The average Bonchev–Trinajstić information content (AvgIpc) is 3.38. The number of terminal acetylenes is 2. The van der Waals surface area contributed by atoms with Gasteiger partial charge in [0.15, 0.2) is 6.61 Å². The molecule has 0 bridgehead atoms. The highest BCUT2D eigenvalue weighted by molar-refractivity contribution is 6.18. The molecule has 21 heteroatoms. The molecule has 1 N–H and O–H groups in total. The number of aliphatic hydroxyl groups excluding tert-OH is 1. The Morgan fingerprint density at radius 3 is 1.44 bits per heavy atom. The zero-order valence-electron chi connectivity index (χ0n) is 38.8. The summed E-state index contributed by atoms with van der Waals surface area (Å²) < 4.78 is 49.3. The lowest BCUT2D eigenvalue weighted by Gasteiger charge is -2.14. The molecule has 0 saturated heterocycles. The normalized spacial score (nSPS) is 11.7. The lowest BCUT2D eigenvalue weighted by molar-refractivity contribution is -0.386. The third kappa shape index (κ3) is 31.9. The molecule has 0 spiro atoms. The zero-order chi connectivity index (χ0) is 52.5. The molecule has 380 valence electrons. The number of nitrogens with zero attached hydrogens (tertiary/aromatic N) is 1. The Kier molecular flexibility index (Phi) is 33.8. The largest absolute Gasteiger partial charge is 0.460 e. The number of para-hydroxylation sites is 1. The van der Waals surface area contributed by atoms with Crippen LogP contribution >= 0.6 is 11.6 Å². The van der Waals surface area contributed by atoms with Crippen LogP contribution in [0.1, 0.15) is 16.7 Å². The van der Waals surface area contributed by atoms with E-state index in [1.807, 2.05) is 60.7 Å². The van der Waals surface area contributed by atoms with Crippen molar-refractivity contribution in [3.05, 3.63) is 148 Å². The number of nitro groups is 1. The van der Waals surface area contributed by atoms with Gasteiger partial charge in [0, 0.05) is 56.7 Å². The second kappa shape index (κ2) is 39.2. The van der Waals surface area contributed by atoms with E-state index in [9.17, 15) is 44.0 Å². The number of aliphatic hydroxyl groups is 1. The Bertz CT molecular complexity index is 2250. The minimum atomic E-state index is -1.14. The molecule has 0 fully saturated rings. The number of carbonyl (C=O) groups excluding carboxylic acids is 6. The molecule has 0 heterocycles. The fourth-order valence-corrected chi connectivity index (χ4v) is 4.78. The second-order valence-electron chi connectivity index (χ2n) is 13.5. The summed E-state index contributed by atoms with van der Waals surface area (Å²) in [5, 5.41) is 20.5. The molecule has 0 aliphatic carbocycles. The minimum absolute atomic E-state index is 0.0106. The van der Waals surface area contributed by atoms with Crippen molar-refractivity contribution in [2.75, 3.05) is 66.3 Å². The number of alkyl halides is 1. The number of hydrogen-bond acceptors (Lipinski definition) is 19. The molecule has 3 unspecified atom stereocenters. The molecular formula is C50H54ClNO19. The van der Waals surface area contributed by atoms with E-state index in [2.05, 4.69) is 16.6 Å². The van der Waals surface area contributed by atoms with Gasteiger partial charge in [0.05, 0.1) is 36.2 Å². The van der Waals surface area contributed by atoms with E-state index in [0.717, 1.165) is 47.6 Å². The number of benzene rings is 3. The summed E-state index contributed by atoms with van der Waals surface area (Å²) in [6, 6.07) is 24.5. The number of ether oxygens (including phenoxy) is 10. The van der Waals surface area contributed by atoms with Crippen LogP contribution in [0.3, 0.4) is 0 Å². The first kappa shape index (κ1) is 61.3. The highest BCUT2D eigenvalue weighted by Gasteiger charge is 2.15. The predicted molar refractivity (Wildman–Crippen MR) is 253 cm³/mol. The van der Waals surface area contributed by atoms with E-state index in [0.29, 0.717) is 5.56 Å². The van der Waals surface area contributed by atoms with Crippen molar-refractivity contribution in [1.29, 1.82) is 0 Å². The van der Waals surface area contributed by atoms with Crippen LogP contribution in [-0.4, -0.2) is 131 Å².